The van der Waals surface area contributed by atoms with Gasteiger partial charge in [0, 0.05) is 25.3 Å². The third-order valence-electron chi connectivity index (χ3n) is 6.18. The summed E-state index contributed by atoms with van der Waals surface area (Å²) in [6.07, 6.45) is 0.124. The number of pyridine rings is 1. The second-order valence-electron chi connectivity index (χ2n) is 10.3. The van der Waals surface area contributed by atoms with E-state index in [2.05, 4.69) is 25.6 Å². The predicted octanol–water partition coefficient (Wildman–Crippen LogP) is 2.42. The van der Waals surface area contributed by atoms with E-state index in [4.69, 9.17) is 9.72 Å². The summed E-state index contributed by atoms with van der Waals surface area (Å²) >= 11 is 1.49. The number of aromatic nitrogens is 4. The van der Waals surface area contributed by atoms with E-state index < -0.39 is 29.8 Å². The van der Waals surface area contributed by atoms with Crippen molar-refractivity contribution in [3.05, 3.63) is 23.7 Å². The largest absolute Gasteiger partial charge is 0.460 e. The molecule has 12 heteroatoms. The third-order valence-corrected chi connectivity index (χ3v) is 7.22. The third kappa shape index (κ3) is 6.15. The minimum atomic E-state index is -1.08. The first-order valence-electron chi connectivity index (χ1n) is 12.3. The minimum absolute atomic E-state index is 0.139. The molecule has 0 aliphatic heterocycles. The van der Waals surface area contributed by atoms with Crippen LogP contribution in [0.4, 0.5) is 11.8 Å². The molecule has 1 aliphatic carbocycles. The van der Waals surface area contributed by atoms with E-state index in [0.717, 1.165) is 15.9 Å². The second-order valence-corrected chi connectivity index (χ2v) is 11.3. The Hall–Kier alpha value is -2.93. The van der Waals surface area contributed by atoms with E-state index in [0.29, 0.717) is 34.5 Å². The number of rotatable bonds is 8. The average molecular weight is 531 g/mol. The zero-order chi connectivity index (χ0) is 26.9. The lowest BCUT2D eigenvalue weighted by molar-refractivity contribution is -0.154. The number of anilines is 2. The normalized spacial score (nSPS) is 21.8. The maximum atomic E-state index is 12.1. The van der Waals surface area contributed by atoms with Gasteiger partial charge >= 0.3 is 5.97 Å². The van der Waals surface area contributed by atoms with E-state index >= 15 is 0 Å². The van der Waals surface area contributed by atoms with E-state index in [-0.39, 0.29) is 25.5 Å². The highest BCUT2D eigenvalue weighted by Gasteiger charge is 2.41. The molecule has 0 saturated heterocycles. The van der Waals surface area contributed by atoms with Crippen molar-refractivity contribution in [3.63, 3.8) is 0 Å². The molecule has 0 radical (unpaired) electrons. The Morgan fingerprint density at radius 2 is 1.92 bits per heavy atom. The Balaban J connectivity index is 1.65. The molecular weight excluding hydrogens is 496 g/mol. The maximum Gasteiger partial charge on any atom is 0.308 e. The van der Waals surface area contributed by atoms with Gasteiger partial charge in [-0.25, -0.2) is 9.97 Å². The highest BCUT2D eigenvalue weighted by Crippen LogP contribution is 2.38. The first-order valence-corrected chi connectivity index (χ1v) is 13.1. The number of thiazole rings is 1. The summed E-state index contributed by atoms with van der Waals surface area (Å²) in [5, 5.41) is 37.6. The minimum Gasteiger partial charge on any atom is -0.460 e. The second kappa shape index (κ2) is 10.8. The maximum absolute atomic E-state index is 12.1. The fourth-order valence-corrected chi connectivity index (χ4v) is 5.51. The van der Waals surface area contributed by atoms with Crippen LogP contribution in [0.5, 0.6) is 0 Å². The molecule has 0 amide bonds. The number of hydrogen-bond donors (Lipinski definition) is 5. The number of esters is 1. The molecule has 4 rings (SSSR count). The summed E-state index contributed by atoms with van der Waals surface area (Å²) in [7, 11) is 0. The molecule has 0 bridgehead atoms. The van der Waals surface area contributed by atoms with Gasteiger partial charge in [0.05, 0.1) is 40.2 Å². The summed E-state index contributed by atoms with van der Waals surface area (Å²) in [5.41, 5.74) is 2.37. The Kier molecular flexibility index (Phi) is 7.93. The molecule has 3 aromatic heterocycles. The first kappa shape index (κ1) is 27.1. The van der Waals surface area contributed by atoms with Crippen LogP contribution in [0.1, 0.15) is 45.0 Å². The lowest BCUT2D eigenvalue weighted by Gasteiger charge is -2.21. The molecule has 200 valence electrons. The molecule has 4 atom stereocenters. The first-order chi connectivity index (χ1) is 17.5. The Morgan fingerprint density at radius 3 is 2.57 bits per heavy atom. The summed E-state index contributed by atoms with van der Waals surface area (Å²) < 4.78 is 6.33. The number of aliphatic hydroxyl groups is 3. The van der Waals surface area contributed by atoms with Crippen molar-refractivity contribution in [2.75, 3.05) is 23.8 Å². The number of carbonyl (C=O) groups is 1. The number of nitrogens with one attached hydrogen (secondary N) is 2. The summed E-state index contributed by atoms with van der Waals surface area (Å²) in [5.74, 6) is -0.0328. The van der Waals surface area contributed by atoms with Gasteiger partial charge in [0.2, 0.25) is 5.95 Å². The van der Waals surface area contributed by atoms with Crippen molar-refractivity contribution < 1.29 is 24.9 Å². The van der Waals surface area contributed by atoms with E-state index in [1.807, 2.05) is 40.7 Å². The molecule has 0 aromatic carbocycles. The summed E-state index contributed by atoms with van der Waals surface area (Å²) in [4.78, 5) is 30.5. The van der Waals surface area contributed by atoms with E-state index in [1.165, 1.54) is 11.3 Å². The van der Waals surface area contributed by atoms with Gasteiger partial charge in [0.25, 0.3) is 0 Å². The molecule has 1 fully saturated rings. The highest BCUT2D eigenvalue weighted by molar-refractivity contribution is 7.21. The van der Waals surface area contributed by atoms with E-state index in [9.17, 15) is 20.1 Å². The van der Waals surface area contributed by atoms with Crippen molar-refractivity contribution in [1.29, 1.82) is 0 Å². The molecular formula is C25H34N6O5S. The van der Waals surface area contributed by atoms with Gasteiger partial charge < -0.3 is 30.7 Å². The fraction of sp³-hybridized carbons (Fsp3) is 0.560. The predicted molar refractivity (Wildman–Crippen MR) is 141 cm³/mol. The van der Waals surface area contributed by atoms with Crippen LogP contribution in [0.25, 0.3) is 20.8 Å². The zero-order valence-electron chi connectivity index (χ0n) is 21.6. The monoisotopic (exact) mass is 530 g/mol. The number of fused-ring (bicyclic) bond motifs is 1. The molecule has 1 aliphatic rings. The quantitative estimate of drug-likeness (QED) is 0.272. The Morgan fingerprint density at radius 1 is 1.16 bits per heavy atom. The number of aryl methyl sites for hydroxylation is 2. The highest BCUT2D eigenvalue weighted by atomic mass is 32.1. The van der Waals surface area contributed by atoms with Crippen LogP contribution in [0.2, 0.25) is 0 Å². The summed E-state index contributed by atoms with van der Waals surface area (Å²) in [6.45, 7) is 9.24. The van der Waals surface area contributed by atoms with Gasteiger partial charge in [-0.3, -0.25) is 9.78 Å². The van der Waals surface area contributed by atoms with Crippen molar-refractivity contribution in [2.24, 2.45) is 5.92 Å². The van der Waals surface area contributed by atoms with Gasteiger partial charge in [-0.1, -0.05) is 0 Å². The van der Waals surface area contributed by atoms with Crippen molar-refractivity contribution in [1.82, 2.24) is 19.9 Å². The lowest BCUT2D eigenvalue weighted by Crippen LogP contribution is -2.35. The van der Waals surface area contributed by atoms with Crippen LogP contribution >= 0.6 is 11.3 Å². The molecule has 37 heavy (non-hydrogen) atoms. The number of ether oxygens (including phenoxy) is 1. The van der Waals surface area contributed by atoms with E-state index in [1.54, 1.807) is 6.20 Å². The van der Waals surface area contributed by atoms with Crippen molar-refractivity contribution in [2.45, 2.75) is 71.3 Å². The average Bonchev–Trinajstić information content (AvgIpc) is 3.35. The number of carbonyl (C=O) groups excluding carboxylic acids is 1. The number of aliphatic hydroxyl groups excluding tert-OH is 3. The van der Waals surface area contributed by atoms with Gasteiger partial charge in [-0.05, 0) is 47.1 Å². The number of hydrogen-bond acceptors (Lipinski definition) is 12. The molecule has 0 unspecified atom stereocenters. The molecule has 5 N–H and O–H groups in total. The van der Waals surface area contributed by atoms with Crippen LogP contribution in [0.15, 0.2) is 12.3 Å². The van der Waals surface area contributed by atoms with Gasteiger partial charge in [0.1, 0.15) is 28.0 Å². The molecule has 11 nitrogen and oxygen atoms in total. The van der Waals surface area contributed by atoms with Crippen LogP contribution in [0, 0.1) is 19.8 Å². The Bertz CT molecular complexity index is 1280. The van der Waals surface area contributed by atoms with Crippen LogP contribution in [-0.2, 0) is 9.53 Å². The lowest BCUT2D eigenvalue weighted by atomic mass is 10.1. The molecule has 1 saturated carbocycles. The number of nitrogens with zero attached hydrogens (tertiary/aromatic N) is 4. The summed E-state index contributed by atoms with van der Waals surface area (Å²) in [6, 6.07) is 1.37. The topological polar surface area (TPSA) is 163 Å². The van der Waals surface area contributed by atoms with Gasteiger partial charge in [0.15, 0.2) is 0 Å². The molecule has 3 aromatic rings. The van der Waals surface area contributed by atoms with Gasteiger partial charge in [-0.2, -0.15) is 4.98 Å². The molecule has 0 spiro atoms. The zero-order valence-corrected chi connectivity index (χ0v) is 22.5. The van der Waals surface area contributed by atoms with Crippen molar-refractivity contribution in [3.8, 4) is 10.6 Å². The molecule has 3 heterocycles. The van der Waals surface area contributed by atoms with Crippen LogP contribution in [0.3, 0.4) is 0 Å². The smallest absolute Gasteiger partial charge is 0.308 e. The Labute approximate surface area is 219 Å². The van der Waals surface area contributed by atoms with Crippen LogP contribution in [-0.4, -0.2) is 78.2 Å². The van der Waals surface area contributed by atoms with Gasteiger partial charge in [-0.15, -0.1) is 11.3 Å². The standard InChI is InChI=1S/C25H34N6O5S/c1-12-18(23-30-19-13(2)26-8-6-16(19)37-23)22(29-15-10-14(11-32)20(34)21(15)35)31-24(28-12)27-9-7-17(33)36-25(3,4)5/h6,8,14-15,20-21,32,34-35H,7,9-11H2,1-5H3,(H2,27,28,29,31)/t14-,15-,20-,21+/m1/s1. The van der Waals surface area contributed by atoms with Crippen molar-refractivity contribution >= 4 is 39.3 Å². The SMILES string of the molecule is Cc1nc(NCCC(=O)OC(C)(C)C)nc(N[C@@H]2C[C@H](CO)[C@@H](O)[C@H]2O)c1-c1nc2c(C)nccc2s1. The fourth-order valence-electron chi connectivity index (χ4n) is 4.39. The van der Waals surface area contributed by atoms with Crippen LogP contribution < -0.4 is 10.6 Å².